The van der Waals surface area contributed by atoms with Gasteiger partial charge in [-0.1, -0.05) is 0 Å². The molecule has 3 N–H and O–H groups in total. The fourth-order valence-electron chi connectivity index (χ4n) is 2.87. The Kier molecular flexibility index (Phi) is 5.60. The number of likely N-dealkylation sites (tertiary alicyclic amines) is 1. The van der Waals surface area contributed by atoms with Crippen molar-refractivity contribution >= 4 is 12.0 Å². The standard InChI is InChI=1S/C13H24N4O3/c18-12(19)10-11-2-1-6-17(11)13(20)15-5-9-16-7-3-14-4-8-16/h11,14H,1-10H2,(H,15,20)(H,18,19). The van der Waals surface area contributed by atoms with Gasteiger partial charge in [0.15, 0.2) is 0 Å². The van der Waals surface area contributed by atoms with E-state index in [4.69, 9.17) is 5.11 Å². The summed E-state index contributed by atoms with van der Waals surface area (Å²) >= 11 is 0. The Balaban J connectivity index is 1.69. The van der Waals surface area contributed by atoms with Crippen LogP contribution in [0.15, 0.2) is 0 Å². The van der Waals surface area contributed by atoms with Crippen molar-refractivity contribution in [2.75, 3.05) is 45.8 Å². The summed E-state index contributed by atoms with van der Waals surface area (Å²) in [7, 11) is 0. The lowest BCUT2D eigenvalue weighted by atomic mass is 10.1. The van der Waals surface area contributed by atoms with Crippen molar-refractivity contribution in [3.63, 3.8) is 0 Å². The normalized spacial score (nSPS) is 23.8. The SMILES string of the molecule is O=C(O)CC1CCCN1C(=O)NCCN1CCNCC1. The molecular formula is C13H24N4O3. The van der Waals surface area contributed by atoms with E-state index in [1.54, 1.807) is 4.90 Å². The molecule has 1 unspecified atom stereocenters. The van der Waals surface area contributed by atoms with Gasteiger partial charge in [0.1, 0.15) is 0 Å². The summed E-state index contributed by atoms with van der Waals surface area (Å²) in [5, 5.41) is 15.0. The number of carbonyl (C=O) groups excluding carboxylic acids is 1. The van der Waals surface area contributed by atoms with Crippen molar-refractivity contribution in [3.05, 3.63) is 0 Å². The zero-order chi connectivity index (χ0) is 14.4. The molecule has 0 aromatic heterocycles. The average molecular weight is 284 g/mol. The second-order valence-electron chi connectivity index (χ2n) is 5.41. The van der Waals surface area contributed by atoms with Crippen LogP contribution in [-0.2, 0) is 4.79 Å². The smallest absolute Gasteiger partial charge is 0.317 e. The predicted molar refractivity (Wildman–Crippen MR) is 74.7 cm³/mol. The molecule has 0 aromatic carbocycles. The second-order valence-corrected chi connectivity index (χ2v) is 5.41. The maximum Gasteiger partial charge on any atom is 0.317 e. The molecule has 2 aliphatic rings. The summed E-state index contributed by atoms with van der Waals surface area (Å²) in [5.74, 6) is -0.837. The minimum absolute atomic E-state index is 0.0468. The van der Waals surface area contributed by atoms with Crippen LogP contribution in [0.3, 0.4) is 0 Å². The van der Waals surface area contributed by atoms with Crippen molar-refractivity contribution < 1.29 is 14.7 Å². The molecule has 2 heterocycles. The topological polar surface area (TPSA) is 84.9 Å². The van der Waals surface area contributed by atoms with E-state index in [2.05, 4.69) is 15.5 Å². The zero-order valence-electron chi connectivity index (χ0n) is 11.8. The van der Waals surface area contributed by atoms with Gasteiger partial charge in [0.25, 0.3) is 0 Å². The van der Waals surface area contributed by atoms with E-state index in [-0.39, 0.29) is 18.5 Å². The van der Waals surface area contributed by atoms with Crippen molar-refractivity contribution in [2.24, 2.45) is 0 Å². The second kappa shape index (κ2) is 7.44. The van der Waals surface area contributed by atoms with Gasteiger partial charge in [-0.05, 0) is 12.8 Å². The third kappa shape index (κ3) is 4.35. The largest absolute Gasteiger partial charge is 0.481 e. The third-order valence-corrected chi connectivity index (χ3v) is 3.96. The number of carbonyl (C=O) groups is 2. The van der Waals surface area contributed by atoms with Crippen LogP contribution in [0.25, 0.3) is 0 Å². The summed E-state index contributed by atoms with van der Waals surface area (Å²) in [4.78, 5) is 26.8. The maximum atomic E-state index is 12.1. The van der Waals surface area contributed by atoms with Gasteiger partial charge in [0, 0.05) is 51.9 Å². The first-order valence-corrected chi connectivity index (χ1v) is 7.36. The van der Waals surface area contributed by atoms with Gasteiger partial charge in [-0.25, -0.2) is 4.79 Å². The zero-order valence-corrected chi connectivity index (χ0v) is 11.8. The fraction of sp³-hybridized carbons (Fsp3) is 0.846. The number of nitrogens with one attached hydrogen (secondary N) is 2. The number of piperazine rings is 1. The molecule has 114 valence electrons. The number of amides is 2. The number of hydrogen-bond donors (Lipinski definition) is 3. The Morgan fingerprint density at radius 1 is 1.25 bits per heavy atom. The molecule has 20 heavy (non-hydrogen) atoms. The van der Waals surface area contributed by atoms with Crippen LogP contribution in [0.1, 0.15) is 19.3 Å². The quantitative estimate of drug-likeness (QED) is 0.636. The van der Waals surface area contributed by atoms with Crippen LogP contribution in [0.4, 0.5) is 4.79 Å². The third-order valence-electron chi connectivity index (χ3n) is 3.96. The molecule has 2 amide bonds. The lowest BCUT2D eigenvalue weighted by molar-refractivity contribution is -0.137. The van der Waals surface area contributed by atoms with E-state index in [0.29, 0.717) is 13.1 Å². The first-order chi connectivity index (χ1) is 9.66. The van der Waals surface area contributed by atoms with E-state index >= 15 is 0 Å². The number of carboxylic acids is 1. The Bertz CT molecular complexity index is 345. The molecule has 0 saturated carbocycles. The number of urea groups is 1. The molecule has 2 aliphatic heterocycles. The molecule has 1 atom stereocenters. The lowest BCUT2D eigenvalue weighted by Crippen LogP contribution is -2.48. The number of carboxylic acid groups (broad SMARTS) is 1. The van der Waals surface area contributed by atoms with Gasteiger partial charge in [0.2, 0.25) is 0 Å². The minimum Gasteiger partial charge on any atom is -0.481 e. The van der Waals surface area contributed by atoms with E-state index in [0.717, 1.165) is 45.6 Å². The van der Waals surface area contributed by atoms with E-state index < -0.39 is 5.97 Å². The van der Waals surface area contributed by atoms with Crippen molar-refractivity contribution in [1.29, 1.82) is 0 Å². The average Bonchev–Trinajstić information content (AvgIpc) is 2.87. The summed E-state index contributed by atoms with van der Waals surface area (Å²) in [6, 6.07) is -0.268. The van der Waals surface area contributed by atoms with Gasteiger partial charge in [-0.2, -0.15) is 0 Å². The molecule has 2 saturated heterocycles. The fourth-order valence-corrected chi connectivity index (χ4v) is 2.87. The maximum absolute atomic E-state index is 12.1. The Morgan fingerprint density at radius 3 is 2.70 bits per heavy atom. The van der Waals surface area contributed by atoms with Crippen LogP contribution in [-0.4, -0.2) is 78.8 Å². The molecule has 2 rings (SSSR count). The molecule has 0 spiro atoms. The summed E-state index contributed by atoms with van der Waals surface area (Å²) < 4.78 is 0. The highest BCUT2D eigenvalue weighted by Crippen LogP contribution is 2.19. The molecule has 2 fully saturated rings. The molecule has 0 aromatic rings. The van der Waals surface area contributed by atoms with Crippen LogP contribution in [0.2, 0.25) is 0 Å². The minimum atomic E-state index is -0.837. The number of rotatable bonds is 5. The summed E-state index contributed by atoms with van der Waals surface area (Å²) in [5.41, 5.74) is 0. The van der Waals surface area contributed by atoms with Gasteiger partial charge in [0.05, 0.1) is 6.42 Å². The molecule has 7 nitrogen and oxygen atoms in total. The molecule has 0 aliphatic carbocycles. The van der Waals surface area contributed by atoms with Crippen LogP contribution >= 0.6 is 0 Å². The highest BCUT2D eigenvalue weighted by Gasteiger charge is 2.30. The van der Waals surface area contributed by atoms with E-state index in [1.165, 1.54) is 0 Å². The van der Waals surface area contributed by atoms with Crippen LogP contribution in [0, 0.1) is 0 Å². The number of aliphatic carboxylic acids is 1. The van der Waals surface area contributed by atoms with Crippen LogP contribution in [0.5, 0.6) is 0 Å². The monoisotopic (exact) mass is 284 g/mol. The first-order valence-electron chi connectivity index (χ1n) is 7.36. The van der Waals surface area contributed by atoms with Gasteiger partial charge >= 0.3 is 12.0 Å². The highest BCUT2D eigenvalue weighted by atomic mass is 16.4. The summed E-state index contributed by atoms with van der Waals surface area (Å²) in [6.45, 7) is 6.17. The van der Waals surface area contributed by atoms with Crippen LogP contribution < -0.4 is 10.6 Å². The van der Waals surface area contributed by atoms with Gasteiger partial charge in [-0.3, -0.25) is 9.69 Å². The first kappa shape index (κ1) is 15.1. The molecule has 0 bridgehead atoms. The van der Waals surface area contributed by atoms with Crippen molar-refractivity contribution in [1.82, 2.24) is 20.4 Å². The Labute approximate surface area is 119 Å². The number of hydrogen-bond acceptors (Lipinski definition) is 4. The van der Waals surface area contributed by atoms with E-state index in [1.807, 2.05) is 0 Å². The summed E-state index contributed by atoms with van der Waals surface area (Å²) in [6.07, 6.45) is 1.73. The Morgan fingerprint density at radius 2 is 2.00 bits per heavy atom. The van der Waals surface area contributed by atoms with E-state index in [9.17, 15) is 9.59 Å². The molecule has 7 heteroatoms. The lowest BCUT2D eigenvalue weighted by Gasteiger charge is -2.28. The van der Waals surface area contributed by atoms with Crippen molar-refractivity contribution in [3.8, 4) is 0 Å². The number of nitrogens with zero attached hydrogens (tertiary/aromatic N) is 2. The van der Waals surface area contributed by atoms with Gasteiger partial charge in [-0.15, -0.1) is 0 Å². The highest BCUT2D eigenvalue weighted by molar-refractivity contribution is 5.76. The van der Waals surface area contributed by atoms with Crippen molar-refractivity contribution in [2.45, 2.75) is 25.3 Å². The molecule has 0 radical (unpaired) electrons. The van der Waals surface area contributed by atoms with Gasteiger partial charge < -0.3 is 20.6 Å². The predicted octanol–water partition coefficient (Wildman–Crippen LogP) is -0.460. The molecular weight excluding hydrogens is 260 g/mol. The Hall–Kier alpha value is -1.34.